The van der Waals surface area contributed by atoms with Crippen LogP contribution in [0.3, 0.4) is 0 Å². The number of aliphatic imine (C=N–C) groups is 2. The van der Waals surface area contributed by atoms with Crippen LogP contribution in [0.4, 0.5) is 11.4 Å². The molecular formula is C21H19N7. The Bertz CT molecular complexity index is 1240. The first-order valence-corrected chi connectivity index (χ1v) is 8.63. The van der Waals surface area contributed by atoms with Gasteiger partial charge in [-0.2, -0.15) is 0 Å². The number of nitrogens with zero attached hydrogens (tertiary/aromatic N) is 3. The quantitative estimate of drug-likeness (QED) is 0.249. The van der Waals surface area contributed by atoms with Gasteiger partial charge in [0, 0.05) is 16.3 Å². The number of aromatic nitrogens is 1. The molecule has 0 atom stereocenters. The molecule has 0 spiro atoms. The van der Waals surface area contributed by atoms with Crippen molar-refractivity contribution in [2.24, 2.45) is 32.9 Å². The largest absolute Gasteiger partial charge is 0.370 e. The van der Waals surface area contributed by atoms with E-state index >= 15 is 0 Å². The van der Waals surface area contributed by atoms with Crippen molar-refractivity contribution in [1.29, 1.82) is 0 Å². The summed E-state index contributed by atoms with van der Waals surface area (Å²) >= 11 is 0. The van der Waals surface area contributed by atoms with Crippen molar-refractivity contribution >= 4 is 45.0 Å². The lowest BCUT2D eigenvalue weighted by molar-refractivity contribution is 1.39. The van der Waals surface area contributed by atoms with Crippen LogP contribution in [0.15, 0.2) is 76.7 Å². The Kier molecular flexibility index (Phi) is 4.25. The highest BCUT2D eigenvalue weighted by atomic mass is 15.0. The fraction of sp³-hybridized carbons (Fsp3) is 0. The van der Waals surface area contributed by atoms with Gasteiger partial charge in [0.1, 0.15) is 0 Å². The molecule has 0 saturated carbocycles. The van der Waals surface area contributed by atoms with Crippen LogP contribution in [0.25, 0.3) is 32.9 Å². The highest BCUT2D eigenvalue weighted by molar-refractivity contribution is 6.12. The van der Waals surface area contributed by atoms with Crippen molar-refractivity contribution in [2.75, 3.05) is 0 Å². The minimum atomic E-state index is 0.00491. The molecule has 0 saturated heterocycles. The van der Waals surface area contributed by atoms with Gasteiger partial charge in [-0.15, -0.1) is 0 Å². The number of benzene rings is 3. The van der Waals surface area contributed by atoms with E-state index in [0.29, 0.717) is 11.4 Å². The number of guanidine groups is 2. The third-order valence-corrected chi connectivity index (χ3v) is 4.33. The van der Waals surface area contributed by atoms with Crippen LogP contribution in [-0.2, 0) is 0 Å². The lowest BCUT2D eigenvalue weighted by Crippen LogP contribution is -2.21. The zero-order valence-electron chi connectivity index (χ0n) is 15.0. The van der Waals surface area contributed by atoms with Crippen LogP contribution in [0.1, 0.15) is 0 Å². The molecule has 4 rings (SSSR count). The Morgan fingerprint density at radius 2 is 1.25 bits per heavy atom. The Morgan fingerprint density at radius 3 is 1.89 bits per heavy atom. The first kappa shape index (κ1) is 17.3. The van der Waals surface area contributed by atoms with Crippen LogP contribution >= 0.6 is 0 Å². The number of nitrogens with two attached hydrogens (primary N) is 4. The van der Waals surface area contributed by atoms with Gasteiger partial charge in [0.15, 0.2) is 11.9 Å². The highest BCUT2D eigenvalue weighted by Crippen LogP contribution is 2.35. The smallest absolute Gasteiger partial charge is 0.191 e. The van der Waals surface area contributed by atoms with Crippen molar-refractivity contribution in [1.82, 2.24) is 4.98 Å². The fourth-order valence-corrected chi connectivity index (χ4v) is 3.24. The number of hydrogen-bond donors (Lipinski definition) is 4. The Labute approximate surface area is 161 Å². The minimum Gasteiger partial charge on any atom is -0.370 e. The molecule has 0 fully saturated rings. The molecule has 0 aliphatic rings. The molecule has 138 valence electrons. The third-order valence-electron chi connectivity index (χ3n) is 4.33. The van der Waals surface area contributed by atoms with E-state index in [0.717, 1.165) is 32.9 Å². The zero-order valence-corrected chi connectivity index (χ0v) is 15.0. The van der Waals surface area contributed by atoms with Gasteiger partial charge in [-0.3, -0.25) is 0 Å². The first-order valence-electron chi connectivity index (χ1n) is 8.63. The molecule has 0 aliphatic carbocycles. The molecule has 0 amide bonds. The minimum absolute atomic E-state index is 0.00491. The van der Waals surface area contributed by atoms with E-state index < -0.39 is 0 Å². The van der Waals surface area contributed by atoms with Gasteiger partial charge in [0.05, 0.1) is 22.6 Å². The number of rotatable bonds is 3. The van der Waals surface area contributed by atoms with Crippen LogP contribution < -0.4 is 22.9 Å². The van der Waals surface area contributed by atoms with E-state index in [1.54, 1.807) is 0 Å². The SMILES string of the molecule is NC(N)=Nc1ccc2c(c1)nc(-c1ccccc1)c1cc(N=C(N)N)ccc12. The standard InChI is InChI=1S/C21H19N7/c22-20(23)26-13-6-8-15-16-9-7-14(27-21(24)25)11-18(16)28-19(17(15)10-13)12-4-2-1-3-5-12/h1-11H,(H4,22,23,26)(H4,24,25,27). The van der Waals surface area contributed by atoms with Crippen LogP contribution in [-0.4, -0.2) is 16.9 Å². The number of fused-ring (bicyclic) bond motifs is 3. The monoisotopic (exact) mass is 369 g/mol. The zero-order chi connectivity index (χ0) is 19.7. The summed E-state index contributed by atoms with van der Waals surface area (Å²) in [6.07, 6.45) is 0. The second-order valence-electron chi connectivity index (χ2n) is 6.33. The summed E-state index contributed by atoms with van der Waals surface area (Å²) in [6.45, 7) is 0. The Morgan fingerprint density at radius 1 is 0.643 bits per heavy atom. The van der Waals surface area contributed by atoms with Gasteiger partial charge in [-0.05, 0) is 29.7 Å². The second-order valence-corrected chi connectivity index (χ2v) is 6.33. The summed E-state index contributed by atoms with van der Waals surface area (Å²) in [7, 11) is 0. The van der Waals surface area contributed by atoms with E-state index in [4.69, 9.17) is 27.9 Å². The normalized spacial score (nSPS) is 10.7. The second kappa shape index (κ2) is 6.88. The molecule has 8 N–H and O–H groups in total. The summed E-state index contributed by atoms with van der Waals surface area (Å²) < 4.78 is 0. The van der Waals surface area contributed by atoms with Crippen LogP contribution in [0, 0.1) is 0 Å². The molecule has 7 heteroatoms. The van der Waals surface area contributed by atoms with E-state index in [9.17, 15) is 0 Å². The maximum atomic E-state index is 5.54. The van der Waals surface area contributed by atoms with Crippen LogP contribution in [0.5, 0.6) is 0 Å². The van der Waals surface area contributed by atoms with Gasteiger partial charge in [-0.25, -0.2) is 15.0 Å². The highest BCUT2D eigenvalue weighted by Gasteiger charge is 2.12. The summed E-state index contributed by atoms with van der Waals surface area (Å²) in [5, 5.41) is 2.98. The molecule has 1 heterocycles. The fourth-order valence-electron chi connectivity index (χ4n) is 3.24. The van der Waals surface area contributed by atoms with E-state index in [1.165, 1.54) is 0 Å². The Balaban J connectivity index is 2.07. The molecule has 4 aromatic rings. The van der Waals surface area contributed by atoms with E-state index in [2.05, 4.69) is 9.98 Å². The maximum Gasteiger partial charge on any atom is 0.191 e. The summed E-state index contributed by atoms with van der Waals surface area (Å²) in [5.74, 6) is 0.0153. The molecule has 0 aliphatic heterocycles. The molecule has 28 heavy (non-hydrogen) atoms. The van der Waals surface area contributed by atoms with Crippen molar-refractivity contribution in [2.45, 2.75) is 0 Å². The van der Waals surface area contributed by atoms with E-state index in [-0.39, 0.29) is 11.9 Å². The van der Waals surface area contributed by atoms with Crippen molar-refractivity contribution in [3.63, 3.8) is 0 Å². The van der Waals surface area contributed by atoms with E-state index in [1.807, 2.05) is 66.7 Å². The average molecular weight is 369 g/mol. The van der Waals surface area contributed by atoms with Crippen molar-refractivity contribution in [3.8, 4) is 11.3 Å². The summed E-state index contributed by atoms with van der Waals surface area (Å²) in [4.78, 5) is 13.2. The van der Waals surface area contributed by atoms with Crippen molar-refractivity contribution in [3.05, 3.63) is 66.7 Å². The third kappa shape index (κ3) is 3.28. The predicted molar refractivity (Wildman–Crippen MR) is 116 cm³/mol. The lowest BCUT2D eigenvalue weighted by Gasteiger charge is -2.11. The molecule has 3 aromatic carbocycles. The summed E-state index contributed by atoms with van der Waals surface area (Å²) in [6, 6.07) is 21.4. The molecule has 0 radical (unpaired) electrons. The van der Waals surface area contributed by atoms with Gasteiger partial charge in [0.25, 0.3) is 0 Å². The molecular weight excluding hydrogens is 350 g/mol. The maximum absolute atomic E-state index is 5.54. The molecule has 7 nitrogen and oxygen atoms in total. The topological polar surface area (TPSA) is 142 Å². The predicted octanol–water partition coefficient (Wildman–Crippen LogP) is 2.86. The van der Waals surface area contributed by atoms with Crippen molar-refractivity contribution < 1.29 is 0 Å². The number of hydrogen-bond acceptors (Lipinski definition) is 3. The van der Waals surface area contributed by atoms with Gasteiger partial charge < -0.3 is 22.9 Å². The van der Waals surface area contributed by atoms with Crippen LogP contribution in [0.2, 0.25) is 0 Å². The van der Waals surface area contributed by atoms with Gasteiger partial charge in [-0.1, -0.05) is 42.5 Å². The Hall–Kier alpha value is -4.13. The number of pyridine rings is 1. The van der Waals surface area contributed by atoms with Gasteiger partial charge in [0.2, 0.25) is 0 Å². The first-order chi connectivity index (χ1) is 13.5. The molecule has 0 bridgehead atoms. The molecule has 0 unspecified atom stereocenters. The summed E-state index contributed by atoms with van der Waals surface area (Å²) in [5.41, 5.74) is 26.0. The molecule has 1 aromatic heterocycles. The van der Waals surface area contributed by atoms with Gasteiger partial charge >= 0.3 is 0 Å². The lowest BCUT2D eigenvalue weighted by atomic mass is 9.99. The average Bonchev–Trinajstić information content (AvgIpc) is 2.67.